The summed E-state index contributed by atoms with van der Waals surface area (Å²) in [6.45, 7) is 14.3. The molecule has 6 nitrogen and oxygen atoms in total. The summed E-state index contributed by atoms with van der Waals surface area (Å²) in [6.07, 6.45) is 0.787. The fraction of sp³-hybridized carbons (Fsp3) is 0.400. The van der Waals surface area contributed by atoms with Crippen LogP contribution < -0.4 is 0 Å². The number of allylic oxidation sites excluding steroid dienone is 1. The Balaban J connectivity index is 2.17. The first-order valence-electron chi connectivity index (χ1n) is 7.43. The Morgan fingerprint density at radius 3 is 1.77 bits per heavy atom. The van der Waals surface area contributed by atoms with Crippen LogP contribution >= 0.6 is 0 Å². The van der Waals surface area contributed by atoms with Crippen molar-refractivity contribution in [3.63, 3.8) is 0 Å². The van der Waals surface area contributed by atoms with E-state index in [4.69, 9.17) is 0 Å². The Kier molecular flexibility index (Phi) is 3.43. The Labute approximate surface area is 131 Å². The van der Waals surface area contributed by atoms with Crippen LogP contribution in [0.1, 0.15) is 36.1 Å². The molecular weight excluding hydrogens is 275 g/mol. The number of aryl methyl sites for hydroxylation is 4. The zero-order valence-corrected chi connectivity index (χ0v) is 13.8. The molecule has 115 valence electrons. The van der Waals surface area contributed by atoms with Crippen molar-refractivity contribution in [2.75, 3.05) is 0 Å². The molecular formula is C15H21BN6-. The lowest BCUT2D eigenvalue weighted by Crippen LogP contribution is -2.49. The minimum Gasteiger partial charge on any atom is -0.423 e. The predicted molar refractivity (Wildman–Crippen MR) is 88.7 cm³/mol. The third kappa shape index (κ3) is 2.36. The number of hydrogen-bond donors (Lipinski definition) is 0. The highest BCUT2D eigenvalue weighted by atomic mass is 15.6. The number of rotatable bonds is 3. The van der Waals surface area contributed by atoms with Crippen LogP contribution in [-0.4, -0.2) is 37.1 Å². The fourth-order valence-corrected chi connectivity index (χ4v) is 2.95. The van der Waals surface area contributed by atoms with Crippen molar-refractivity contribution < 1.29 is 0 Å². The fourth-order valence-electron chi connectivity index (χ4n) is 2.95. The van der Waals surface area contributed by atoms with Crippen LogP contribution in [0.15, 0.2) is 29.5 Å². The van der Waals surface area contributed by atoms with Crippen LogP contribution in [0.5, 0.6) is 0 Å². The minimum atomic E-state index is -0.257. The summed E-state index contributed by atoms with van der Waals surface area (Å²) in [4.78, 5) is 1.92. The van der Waals surface area contributed by atoms with Crippen molar-refractivity contribution in [2.24, 2.45) is 5.10 Å². The first kappa shape index (κ1) is 14.6. The molecule has 0 spiro atoms. The van der Waals surface area contributed by atoms with Crippen molar-refractivity contribution in [2.45, 2.75) is 41.0 Å². The highest BCUT2D eigenvalue weighted by Crippen LogP contribution is 2.22. The molecule has 0 fully saturated rings. The Morgan fingerprint density at radius 2 is 1.45 bits per heavy atom. The van der Waals surface area contributed by atoms with E-state index >= 15 is 0 Å². The van der Waals surface area contributed by atoms with E-state index < -0.39 is 0 Å². The lowest BCUT2D eigenvalue weighted by molar-refractivity contribution is 0.538. The molecule has 22 heavy (non-hydrogen) atoms. The normalized spacial score (nSPS) is 15.1. The molecule has 0 saturated heterocycles. The van der Waals surface area contributed by atoms with Gasteiger partial charge in [-0.25, -0.2) is 15.3 Å². The van der Waals surface area contributed by atoms with E-state index in [-0.39, 0.29) is 7.12 Å². The molecule has 0 saturated carbocycles. The molecule has 0 bridgehead atoms. The van der Waals surface area contributed by atoms with Crippen molar-refractivity contribution >= 4 is 12.8 Å². The second-order valence-electron chi connectivity index (χ2n) is 6.01. The van der Waals surface area contributed by atoms with Gasteiger partial charge in [-0.05, 0) is 63.8 Å². The molecule has 3 rings (SSSR count). The first-order chi connectivity index (χ1) is 10.4. The van der Waals surface area contributed by atoms with E-state index in [1.165, 1.54) is 0 Å². The average molecular weight is 296 g/mol. The zero-order chi connectivity index (χ0) is 16.0. The van der Waals surface area contributed by atoms with Crippen LogP contribution in [0.3, 0.4) is 0 Å². The highest BCUT2D eigenvalue weighted by Gasteiger charge is 2.23. The molecule has 0 aromatic carbocycles. The topological polar surface area (TPSA) is 51.2 Å². The van der Waals surface area contributed by atoms with Gasteiger partial charge in [0.15, 0.2) is 0 Å². The molecule has 7 heteroatoms. The molecule has 0 N–H and O–H groups in total. The van der Waals surface area contributed by atoms with E-state index in [0.717, 1.165) is 40.6 Å². The highest BCUT2D eigenvalue weighted by molar-refractivity contribution is 6.52. The number of aromatic nitrogens is 4. The molecule has 2 aromatic heterocycles. The van der Waals surface area contributed by atoms with Gasteiger partial charge >= 0.3 is 0 Å². The van der Waals surface area contributed by atoms with Gasteiger partial charge in [-0.2, -0.15) is 0 Å². The third-order valence-corrected chi connectivity index (χ3v) is 3.81. The number of hydrogen-bond acceptors (Lipinski definition) is 4. The molecule has 0 amide bonds. The molecule has 0 unspecified atom stereocenters. The maximum absolute atomic E-state index is 4.65. The van der Waals surface area contributed by atoms with Crippen molar-refractivity contribution in [3.05, 3.63) is 47.2 Å². The van der Waals surface area contributed by atoms with Crippen LogP contribution in [0.25, 0.3) is 0 Å². The third-order valence-electron chi connectivity index (χ3n) is 3.81. The largest absolute Gasteiger partial charge is 0.423 e. The SMILES string of the molecule is C=C1CC(C)=NN1[B-](n1nc(C)cc1C)n1nc(C)cc1C. The summed E-state index contributed by atoms with van der Waals surface area (Å²) in [5.74, 6) is 0. The van der Waals surface area contributed by atoms with Gasteiger partial charge in [-0.1, -0.05) is 6.58 Å². The van der Waals surface area contributed by atoms with E-state index in [2.05, 4.69) is 34.0 Å². The monoisotopic (exact) mass is 296 g/mol. The lowest BCUT2D eigenvalue weighted by Gasteiger charge is -2.40. The Morgan fingerprint density at radius 1 is 0.955 bits per heavy atom. The van der Waals surface area contributed by atoms with Gasteiger partial charge in [-0.15, -0.1) is 0 Å². The summed E-state index contributed by atoms with van der Waals surface area (Å²) in [5, 5.41) is 13.9. The summed E-state index contributed by atoms with van der Waals surface area (Å²) in [6, 6.07) is 4.13. The van der Waals surface area contributed by atoms with E-state index in [0.29, 0.717) is 0 Å². The first-order valence-corrected chi connectivity index (χ1v) is 7.43. The molecule has 1 radical (unpaired) electrons. The summed E-state index contributed by atoms with van der Waals surface area (Å²) < 4.78 is 3.92. The summed E-state index contributed by atoms with van der Waals surface area (Å²) in [5.41, 5.74) is 6.12. The average Bonchev–Trinajstić information content (AvgIpc) is 3.02. The molecule has 2 aromatic rings. The van der Waals surface area contributed by atoms with Crippen molar-refractivity contribution in [1.29, 1.82) is 0 Å². The molecule has 0 aliphatic carbocycles. The summed E-state index contributed by atoms with van der Waals surface area (Å²) in [7, 11) is -0.257. The molecule has 1 aliphatic heterocycles. The Hall–Kier alpha value is -2.31. The number of nitrogens with zero attached hydrogens (tertiary/aromatic N) is 6. The van der Waals surface area contributed by atoms with Gasteiger partial charge in [0.1, 0.15) is 0 Å². The van der Waals surface area contributed by atoms with E-state index in [1.807, 2.05) is 48.7 Å². The number of hydrazone groups is 1. The molecule has 0 atom stereocenters. The van der Waals surface area contributed by atoms with Gasteiger partial charge in [0.05, 0.1) is 11.4 Å². The standard InChI is InChI=1S/C15H21BN6/c1-10-7-13(4)20(17-10)16(21-14(5)8-11(2)18-21)22-15(6)9-12(3)19-22/h8-9H,4,7H2,1-3,5-6H3/q-1. The van der Waals surface area contributed by atoms with Crippen LogP contribution in [-0.2, 0) is 0 Å². The van der Waals surface area contributed by atoms with E-state index in [1.54, 1.807) is 0 Å². The zero-order valence-electron chi connectivity index (χ0n) is 13.8. The minimum absolute atomic E-state index is 0.257. The van der Waals surface area contributed by atoms with Gasteiger partial charge in [0.25, 0.3) is 7.12 Å². The Bertz CT molecular complexity index is 723. The van der Waals surface area contributed by atoms with Crippen LogP contribution in [0, 0.1) is 27.7 Å². The van der Waals surface area contributed by atoms with Gasteiger partial charge in [0.2, 0.25) is 0 Å². The molecule has 1 aliphatic rings. The van der Waals surface area contributed by atoms with Crippen molar-refractivity contribution in [3.8, 4) is 0 Å². The summed E-state index contributed by atoms with van der Waals surface area (Å²) >= 11 is 0. The smallest absolute Gasteiger partial charge is 0.261 e. The predicted octanol–water partition coefficient (Wildman–Crippen LogP) is 2.29. The van der Waals surface area contributed by atoms with Gasteiger partial charge in [0, 0.05) is 12.1 Å². The second kappa shape index (κ2) is 5.16. The van der Waals surface area contributed by atoms with Gasteiger partial charge in [-0.3, -0.25) is 0 Å². The van der Waals surface area contributed by atoms with Crippen molar-refractivity contribution in [1.82, 2.24) is 24.3 Å². The quantitative estimate of drug-likeness (QED) is 0.817. The van der Waals surface area contributed by atoms with Crippen LogP contribution in [0.2, 0.25) is 0 Å². The molecule has 3 heterocycles. The lowest BCUT2D eigenvalue weighted by atomic mass is 9.91. The van der Waals surface area contributed by atoms with Crippen LogP contribution in [0.4, 0.5) is 0 Å². The second-order valence-corrected chi connectivity index (χ2v) is 6.01. The van der Waals surface area contributed by atoms with E-state index in [9.17, 15) is 0 Å². The maximum atomic E-state index is 4.65. The van der Waals surface area contributed by atoms with Gasteiger partial charge < -0.3 is 14.1 Å². The maximum Gasteiger partial charge on any atom is 0.261 e.